The zero-order valence-corrected chi connectivity index (χ0v) is 15.0. The molecule has 126 valence electrons. The average Bonchev–Trinajstić information content (AvgIpc) is 2.93. The van der Waals surface area contributed by atoms with Crippen LogP contribution in [0.3, 0.4) is 0 Å². The van der Waals surface area contributed by atoms with Crippen molar-refractivity contribution >= 4 is 30.7 Å². The molecule has 4 nitrogen and oxygen atoms in total. The maximum Gasteiger partial charge on any atom is 0.239 e. The Balaban J connectivity index is 0.00000200. The van der Waals surface area contributed by atoms with Gasteiger partial charge in [-0.2, -0.15) is 0 Å². The SMILES string of the molecule is CCN(CC)CC1CCN(C(=O)[C@H]2CCCCN2)C1.Cl.Cl. The first-order valence-electron chi connectivity index (χ1n) is 7.99. The Morgan fingerprint density at radius 2 is 1.90 bits per heavy atom. The van der Waals surface area contributed by atoms with Crippen molar-refractivity contribution in [3.8, 4) is 0 Å². The van der Waals surface area contributed by atoms with Gasteiger partial charge in [-0.15, -0.1) is 24.8 Å². The van der Waals surface area contributed by atoms with Gasteiger partial charge in [-0.1, -0.05) is 20.3 Å². The maximum atomic E-state index is 12.4. The molecule has 0 saturated carbocycles. The number of nitrogens with one attached hydrogen (secondary N) is 1. The Morgan fingerprint density at radius 3 is 2.48 bits per heavy atom. The van der Waals surface area contributed by atoms with Gasteiger partial charge in [0.25, 0.3) is 0 Å². The first-order valence-corrected chi connectivity index (χ1v) is 7.99. The zero-order valence-electron chi connectivity index (χ0n) is 13.3. The molecule has 0 radical (unpaired) electrons. The van der Waals surface area contributed by atoms with Crippen LogP contribution in [0.5, 0.6) is 0 Å². The molecule has 2 heterocycles. The molecule has 1 unspecified atom stereocenters. The monoisotopic (exact) mass is 339 g/mol. The van der Waals surface area contributed by atoms with E-state index >= 15 is 0 Å². The van der Waals surface area contributed by atoms with Crippen molar-refractivity contribution in [2.24, 2.45) is 5.92 Å². The van der Waals surface area contributed by atoms with Gasteiger partial charge in [0.05, 0.1) is 6.04 Å². The van der Waals surface area contributed by atoms with Crippen LogP contribution in [0, 0.1) is 5.92 Å². The number of carbonyl (C=O) groups excluding carboxylic acids is 1. The van der Waals surface area contributed by atoms with E-state index in [0.717, 1.165) is 45.7 Å². The van der Waals surface area contributed by atoms with Gasteiger partial charge in [0.1, 0.15) is 0 Å². The summed E-state index contributed by atoms with van der Waals surface area (Å²) in [6.07, 6.45) is 4.61. The molecule has 6 heteroatoms. The van der Waals surface area contributed by atoms with Gasteiger partial charge in [0.2, 0.25) is 5.91 Å². The van der Waals surface area contributed by atoms with Gasteiger partial charge >= 0.3 is 0 Å². The first kappa shape index (κ1) is 21.0. The normalized spacial score (nSPS) is 25.4. The van der Waals surface area contributed by atoms with Crippen LogP contribution in [0.1, 0.15) is 39.5 Å². The molecule has 0 bridgehead atoms. The minimum atomic E-state index is 0. The van der Waals surface area contributed by atoms with Gasteiger partial charge in [-0.25, -0.2) is 0 Å². The van der Waals surface area contributed by atoms with Crippen LogP contribution in [-0.2, 0) is 4.79 Å². The van der Waals surface area contributed by atoms with Crippen molar-refractivity contribution in [3.63, 3.8) is 0 Å². The number of amides is 1. The summed E-state index contributed by atoms with van der Waals surface area (Å²) in [4.78, 5) is 17.0. The maximum absolute atomic E-state index is 12.4. The average molecular weight is 340 g/mol. The summed E-state index contributed by atoms with van der Waals surface area (Å²) in [7, 11) is 0. The van der Waals surface area contributed by atoms with Crippen molar-refractivity contribution in [2.45, 2.75) is 45.6 Å². The van der Waals surface area contributed by atoms with Gasteiger partial charge in [0, 0.05) is 19.6 Å². The Kier molecular flexibility index (Phi) is 10.6. The van der Waals surface area contributed by atoms with Gasteiger partial charge in [0.15, 0.2) is 0 Å². The first-order chi connectivity index (χ1) is 9.24. The van der Waals surface area contributed by atoms with E-state index in [9.17, 15) is 4.79 Å². The van der Waals surface area contributed by atoms with E-state index in [2.05, 4.69) is 29.0 Å². The van der Waals surface area contributed by atoms with Crippen LogP contribution in [0.4, 0.5) is 0 Å². The minimum Gasteiger partial charge on any atom is -0.341 e. The number of piperidine rings is 1. The molecule has 2 rings (SSSR count). The van der Waals surface area contributed by atoms with E-state index in [1.807, 2.05) is 0 Å². The van der Waals surface area contributed by atoms with Gasteiger partial charge in [-0.3, -0.25) is 4.79 Å². The number of nitrogens with zero attached hydrogens (tertiary/aromatic N) is 2. The lowest BCUT2D eigenvalue weighted by Crippen LogP contribution is -2.48. The summed E-state index contributed by atoms with van der Waals surface area (Å²) >= 11 is 0. The standard InChI is InChI=1S/C15H29N3O.2ClH/c1-3-17(4-2)11-13-8-10-18(12-13)15(19)14-7-5-6-9-16-14;;/h13-14,16H,3-12H2,1-2H3;2*1H/t13?,14-;;/m1../s1. The second-order valence-corrected chi connectivity index (χ2v) is 5.93. The fourth-order valence-corrected chi connectivity index (χ4v) is 3.31. The second kappa shape index (κ2) is 10.7. The molecule has 21 heavy (non-hydrogen) atoms. The summed E-state index contributed by atoms with van der Waals surface area (Å²) in [5, 5.41) is 3.37. The lowest BCUT2D eigenvalue weighted by molar-refractivity contribution is -0.133. The van der Waals surface area contributed by atoms with Crippen molar-refractivity contribution in [1.82, 2.24) is 15.1 Å². The highest BCUT2D eigenvalue weighted by atomic mass is 35.5. The zero-order chi connectivity index (χ0) is 13.7. The Hall–Kier alpha value is -0.0300. The van der Waals surface area contributed by atoms with Gasteiger partial charge in [-0.05, 0) is 44.8 Å². The molecule has 2 aliphatic heterocycles. The quantitative estimate of drug-likeness (QED) is 0.833. The molecule has 2 saturated heterocycles. The van der Waals surface area contributed by atoms with Crippen LogP contribution >= 0.6 is 24.8 Å². The largest absolute Gasteiger partial charge is 0.341 e. The number of hydrogen-bond acceptors (Lipinski definition) is 3. The topological polar surface area (TPSA) is 35.6 Å². The summed E-state index contributed by atoms with van der Waals surface area (Å²) in [6, 6.07) is 0.0981. The molecule has 1 amide bonds. The number of likely N-dealkylation sites (tertiary alicyclic amines) is 1. The molecule has 2 atom stereocenters. The van der Waals surface area contributed by atoms with E-state index in [1.165, 1.54) is 19.3 Å². The highest BCUT2D eigenvalue weighted by Crippen LogP contribution is 2.20. The highest BCUT2D eigenvalue weighted by molar-refractivity contribution is 5.85. The van der Waals surface area contributed by atoms with E-state index in [1.54, 1.807) is 0 Å². The smallest absolute Gasteiger partial charge is 0.239 e. The fourth-order valence-electron chi connectivity index (χ4n) is 3.31. The van der Waals surface area contributed by atoms with Crippen LogP contribution in [0.2, 0.25) is 0 Å². The molecular weight excluding hydrogens is 309 g/mol. The molecule has 0 aromatic rings. The number of hydrogen-bond donors (Lipinski definition) is 1. The minimum absolute atomic E-state index is 0. The van der Waals surface area contributed by atoms with Crippen LogP contribution in [0.25, 0.3) is 0 Å². The Morgan fingerprint density at radius 1 is 1.19 bits per heavy atom. The second-order valence-electron chi connectivity index (χ2n) is 5.93. The van der Waals surface area contributed by atoms with Crippen molar-refractivity contribution in [3.05, 3.63) is 0 Å². The summed E-state index contributed by atoms with van der Waals surface area (Å²) in [5.41, 5.74) is 0. The summed E-state index contributed by atoms with van der Waals surface area (Å²) < 4.78 is 0. The predicted octanol–water partition coefficient (Wildman–Crippen LogP) is 2.16. The van der Waals surface area contributed by atoms with Crippen molar-refractivity contribution < 1.29 is 4.79 Å². The van der Waals surface area contributed by atoms with E-state index in [0.29, 0.717) is 11.8 Å². The lowest BCUT2D eigenvalue weighted by atomic mass is 10.0. The van der Waals surface area contributed by atoms with E-state index in [-0.39, 0.29) is 30.9 Å². The fraction of sp³-hybridized carbons (Fsp3) is 0.933. The molecule has 0 aliphatic carbocycles. The third-order valence-corrected chi connectivity index (χ3v) is 4.62. The van der Waals surface area contributed by atoms with Gasteiger partial charge < -0.3 is 15.1 Å². The van der Waals surface area contributed by atoms with Crippen LogP contribution < -0.4 is 5.32 Å². The van der Waals surface area contributed by atoms with E-state index in [4.69, 9.17) is 0 Å². The number of rotatable bonds is 5. The molecule has 0 aromatic heterocycles. The molecular formula is C15H31Cl2N3O. The molecule has 1 N–H and O–H groups in total. The van der Waals surface area contributed by atoms with E-state index < -0.39 is 0 Å². The third-order valence-electron chi connectivity index (χ3n) is 4.62. The molecule has 0 aromatic carbocycles. The molecule has 2 fully saturated rings. The third kappa shape index (κ3) is 5.93. The lowest BCUT2D eigenvalue weighted by Gasteiger charge is -2.28. The van der Waals surface area contributed by atoms with Crippen LogP contribution in [-0.4, -0.2) is 61.0 Å². The summed E-state index contributed by atoms with van der Waals surface area (Å²) in [6.45, 7) is 10.7. The Bertz CT molecular complexity index is 295. The summed E-state index contributed by atoms with van der Waals surface area (Å²) in [5.74, 6) is 1.02. The predicted molar refractivity (Wildman–Crippen MR) is 92.6 cm³/mol. The molecule has 0 spiro atoms. The Labute approximate surface area is 141 Å². The van der Waals surface area contributed by atoms with Crippen LogP contribution in [0.15, 0.2) is 0 Å². The van der Waals surface area contributed by atoms with Crippen molar-refractivity contribution in [2.75, 3.05) is 39.3 Å². The van der Waals surface area contributed by atoms with Crippen molar-refractivity contribution in [1.29, 1.82) is 0 Å². The number of carbonyl (C=O) groups is 1. The number of halogens is 2. The highest BCUT2D eigenvalue weighted by Gasteiger charge is 2.31. The molecule has 2 aliphatic rings.